The molecule has 0 atom stereocenters. The molecule has 7 heteroatoms. The van der Waals surface area contributed by atoms with Gasteiger partial charge in [-0.1, -0.05) is 19.9 Å². The topological polar surface area (TPSA) is 72.2 Å². The third kappa shape index (κ3) is 3.09. The summed E-state index contributed by atoms with van der Waals surface area (Å²) in [6.45, 7) is 5.84. The van der Waals surface area contributed by atoms with E-state index in [0.29, 0.717) is 12.5 Å². The van der Waals surface area contributed by atoms with Gasteiger partial charge in [-0.25, -0.2) is 4.98 Å². The average molecular weight is 318 g/mol. The van der Waals surface area contributed by atoms with Crippen molar-refractivity contribution in [3.8, 4) is 0 Å². The number of anilines is 1. The number of hydrogen-bond acceptors (Lipinski definition) is 6. The molecule has 0 spiro atoms. The Hall–Kier alpha value is -2.02. The van der Waals surface area contributed by atoms with Crippen LogP contribution in [0.1, 0.15) is 30.8 Å². The third-order valence-electron chi connectivity index (χ3n) is 3.73. The number of nitro groups is 1. The second kappa shape index (κ2) is 6.00. The molecule has 6 nitrogen and oxygen atoms in total. The third-order valence-corrected chi connectivity index (χ3v) is 4.55. The number of rotatable bonds is 4. The van der Waals surface area contributed by atoms with Crippen molar-refractivity contribution < 1.29 is 4.92 Å². The number of non-ortho nitro benzene ring substituents is 1. The number of fused-ring (bicyclic) bond motifs is 1. The van der Waals surface area contributed by atoms with Crippen LogP contribution in [0.15, 0.2) is 18.2 Å². The molecule has 1 aromatic carbocycles. The zero-order chi connectivity index (χ0) is 15.7. The fraction of sp³-hybridized carbons (Fsp3) is 0.467. The lowest BCUT2D eigenvalue weighted by atomic mass is 9.99. The molecule has 0 radical (unpaired) electrons. The summed E-state index contributed by atoms with van der Waals surface area (Å²) in [5.41, 5.74) is 2.35. The van der Waals surface area contributed by atoms with Crippen LogP contribution in [0.25, 0.3) is 0 Å². The lowest BCUT2D eigenvalue weighted by molar-refractivity contribution is -0.384. The fourth-order valence-electron chi connectivity index (χ4n) is 2.64. The minimum Gasteiger partial charge on any atom is -0.342 e. The first kappa shape index (κ1) is 14.9. The van der Waals surface area contributed by atoms with Crippen molar-refractivity contribution in [3.05, 3.63) is 45.3 Å². The van der Waals surface area contributed by atoms with Gasteiger partial charge in [-0.2, -0.15) is 4.37 Å². The van der Waals surface area contributed by atoms with Crippen molar-refractivity contribution in [1.29, 1.82) is 0 Å². The van der Waals surface area contributed by atoms with E-state index in [1.165, 1.54) is 17.1 Å². The lowest BCUT2D eigenvalue weighted by Gasteiger charge is -2.27. The molecule has 22 heavy (non-hydrogen) atoms. The Balaban J connectivity index is 1.79. The molecule has 0 fully saturated rings. The number of aromatic nitrogens is 2. The second-order valence-electron chi connectivity index (χ2n) is 5.97. The molecule has 0 saturated heterocycles. The first-order chi connectivity index (χ1) is 10.5. The van der Waals surface area contributed by atoms with Gasteiger partial charge in [0.05, 0.1) is 4.92 Å². The summed E-state index contributed by atoms with van der Waals surface area (Å²) >= 11 is 1.41. The van der Waals surface area contributed by atoms with Crippen LogP contribution < -0.4 is 4.90 Å². The molecule has 0 saturated carbocycles. The highest BCUT2D eigenvalue weighted by Gasteiger charge is 2.21. The monoisotopic (exact) mass is 318 g/mol. The van der Waals surface area contributed by atoms with Gasteiger partial charge < -0.3 is 4.90 Å². The van der Waals surface area contributed by atoms with Crippen molar-refractivity contribution in [2.24, 2.45) is 5.92 Å². The van der Waals surface area contributed by atoms with Gasteiger partial charge in [0.2, 0.25) is 5.13 Å². The summed E-state index contributed by atoms with van der Waals surface area (Å²) in [6, 6.07) is 5.13. The van der Waals surface area contributed by atoms with Crippen molar-refractivity contribution in [2.45, 2.75) is 33.2 Å². The van der Waals surface area contributed by atoms with Crippen LogP contribution in [-0.2, 0) is 19.4 Å². The van der Waals surface area contributed by atoms with Gasteiger partial charge in [0, 0.05) is 43.2 Å². The molecule has 3 rings (SSSR count). The van der Waals surface area contributed by atoms with Gasteiger partial charge >= 0.3 is 0 Å². The van der Waals surface area contributed by atoms with Crippen LogP contribution in [-0.4, -0.2) is 20.8 Å². The molecule has 0 unspecified atom stereocenters. The van der Waals surface area contributed by atoms with Crippen LogP contribution in [0.5, 0.6) is 0 Å². The maximum Gasteiger partial charge on any atom is 0.269 e. The van der Waals surface area contributed by atoms with Gasteiger partial charge in [0.15, 0.2) is 0 Å². The van der Waals surface area contributed by atoms with Gasteiger partial charge in [0.25, 0.3) is 5.69 Å². The van der Waals surface area contributed by atoms with E-state index in [-0.39, 0.29) is 10.6 Å². The molecule has 1 aliphatic heterocycles. The van der Waals surface area contributed by atoms with Crippen LogP contribution >= 0.6 is 11.5 Å². The van der Waals surface area contributed by atoms with Crippen LogP contribution in [0.2, 0.25) is 0 Å². The first-order valence-electron chi connectivity index (χ1n) is 7.36. The molecular formula is C15H18N4O2S. The molecule has 1 aromatic heterocycles. The zero-order valence-electron chi connectivity index (χ0n) is 12.7. The van der Waals surface area contributed by atoms with Crippen molar-refractivity contribution in [3.63, 3.8) is 0 Å². The molecule has 0 N–H and O–H groups in total. The van der Waals surface area contributed by atoms with E-state index in [9.17, 15) is 10.1 Å². The lowest BCUT2D eigenvalue weighted by Crippen LogP contribution is -2.30. The van der Waals surface area contributed by atoms with E-state index in [2.05, 4.69) is 28.1 Å². The fourth-order valence-corrected chi connectivity index (χ4v) is 3.36. The molecule has 2 aromatic rings. The number of nitro benzene ring substituents is 1. The van der Waals surface area contributed by atoms with Gasteiger partial charge in [-0.05, 0) is 23.5 Å². The van der Waals surface area contributed by atoms with E-state index in [4.69, 9.17) is 0 Å². The number of benzene rings is 1. The van der Waals surface area contributed by atoms with Crippen LogP contribution in [0.3, 0.4) is 0 Å². The Kier molecular flexibility index (Phi) is 4.06. The maximum absolute atomic E-state index is 10.9. The van der Waals surface area contributed by atoms with Crippen LogP contribution in [0, 0.1) is 16.0 Å². The average Bonchev–Trinajstić information content (AvgIpc) is 2.93. The summed E-state index contributed by atoms with van der Waals surface area (Å²) in [7, 11) is 0. The molecule has 116 valence electrons. The van der Waals surface area contributed by atoms with Crippen molar-refractivity contribution >= 4 is 22.4 Å². The van der Waals surface area contributed by atoms with E-state index >= 15 is 0 Å². The number of nitrogens with zero attached hydrogens (tertiary/aromatic N) is 4. The smallest absolute Gasteiger partial charge is 0.269 e. The van der Waals surface area contributed by atoms with E-state index in [0.717, 1.165) is 35.9 Å². The summed E-state index contributed by atoms with van der Waals surface area (Å²) in [6.07, 6.45) is 1.76. The predicted octanol–water partition coefficient (Wildman–Crippen LogP) is 3.21. The Morgan fingerprint density at radius 1 is 1.41 bits per heavy atom. The SMILES string of the molecule is CC(C)Cc1nsc(N2CCc3ccc([N+](=O)[O-])cc3C2)n1. The van der Waals surface area contributed by atoms with Gasteiger partial charge in [-0.3, -0.25) is 10.1 Å². The predicted molar refractivity (Wildman–Crippen MR) is 86.3 cm³/mol. The van der Waals surface area contributed by atoms with Crippen molar-refractivity contribution in [1.82, 2.24) is 9.36 Å². The van der Waals surface area contributed by atoms with Gasteiger partial charge in [-0.15, -0.1) is 0 Å². The van der Waals surface area contributed by atoms with Gasteiger partial charge in [0.1, 0.15) is 5.82 Å². The molecule has 2 heterocycles. The van der Waals surface area contributed by atoms with E-state index in [1.807, 2.05) is 6.07 Å². The molecule has 1 aliphatic rings. The summed E-state index contributed by atoms with van der Waals surface area (Å²) < 4.78 is 4.41. The van der Waals surface area contributed by atoms with Crippen LogP contribution in [0.4, 0.5) is 10.8 Å². The maximum atomic E-state index is 10.9. The minimum absolute atomic E-state index is 0.151. The molecule has 0 aliphatic carbocycles. The molecule has 0 amide bonds. The van der Waals surface area contributed by atoms with E-state index < -0.39 is 0 Å². The van der Waals surface area contributed by atoms with E-state index in [1.54, 1.807) is 12.1 Å². The Morgan fingerprint density at radius 2 is 2.23 bits per heavy atom. The summed E-state index contributed by atoms with van der Waals surface area (Å²) in [4.78, 5) is 17.3. The number of hydrogen-bond donors (Lipinski definition) is 0. The largest absolute Gasteiger partial charge is 0.342 e. The molecular weight excluding hydrogens is 300 g/mol. The first-order valence-corrected chi connectivity index (χ1v) is 8.14. The highest BCUT2D eigenvalue weighted by molar-refractivity contribution is 7.09. The standard InChI is InChI=1S/C15H18N4O2S/c1-10(2)7-14-16-15(22-17-14)18-6-5-11-3-4-13(19(20)21)8-12(11)9-18/h3-4,8,10H,5-7,9H2,1-2H3. The Bertz CT molecular complexity index is 699. The second-order valence-corrected chi connectivity index (χ2v) is 6.70. The highest BCUT2D eigenvalue weighted by atomic mass is 32.1. The quantitative estimate of drug-likeness (QED) is 0.639. The highest BCUT2D eigenvalue weighted by Crippen LogP contribution is 2.28. The molecule has 0 bridgehead atoms. The van der Waals surface area contributed by atoms with Crippen molar-refractivity contribution in [2.75, 3.05) is 11.4 Å². The summed E-state index contributed by atoms with van der Waals surface area (Å²) in [5.74, 6) is 1.42. The minimum atomic E-state index is -0.342. The Morgan fingerprint density at radius 3 is 2.95 bits per heavy atom. The zero-order valence-corrected chi connectivity index (χ0v) is 13.5. The summed E-state index contributed by atoms with van der Waals surface area (Å²) in [5, 5.41) is 11.8. The Labute approximate surface area is 133 Å². The normalized spacial score (nSPS) is 14.2.